The fourth-order valence-electron chi connectivity index (χ4n) is 4.69. The van der Waals surface area contributed by atoms with Crippen molar-refractivity contribution in [2.24, 2.45) is 0 Å². The number of benzene rings is 4. The monoisotopic (exact) mass is 508 g/mol. The first-order valence-corrected chi connectivity index (χ1v) is 12.8. The lowest BCUT2D eigenvalue weighted by molar-refractivity contribution is -0.123. The van der Waals surface area contributed by atoms with Crippen LogP contribution in [0.25, 0.3) is 27.8 Å². The second kappa shape index (κ2) is 9.34. The molecule has 2 amide bonds. The number of rotatable bonds is 5. The molecule has 0 atom stereocenters. The van der Waals surface area contributed by atoms with Gasteiger partial charge in [-0.05, 0) is 57.9 Å². The molecule has 1 saturated heterocycles. The maximum atomic E-state index is 13.3. The van der Waals surface area contributed by atoms with E-state index in [4.69, 9.17) is 11.6 Å². The van der Waals surface area contributed by atoms with Gasteiger partial charge in [0.15, 0.2) is 0 Å². The number of halogens is 1. The van der Waals surface area contributed by atoms with Crippen molar-refractivity contribution in [1.82, 2.24) is 9.47 Å². The molecular weight excluding hydrogens is 488 g/mol. The number of hydrogen-bond donors (Lipinski definition) is 0. The number of nitrogens with zero attached hydrogens (tertiary/aromatic N) is 2. The van der Waals surface area contributed by atoms with Crippen LogP contribution in [0.15, 0.2) is 102 Å². The zero-order chi connectivity index (χ0) is 24.6. The lowest BCUT2D eigenvalue weighted by Crippen LogP contribution is -2.27. The lowest BCUT2D eigenvalue weighted by atomic mass is 10.0. The number of thioether (sulfide) groups is 1. The summed E-state index contributed by atoms with van der Waals surface area (Å²) in [4.78, 5) is 28.0. The number of imide groups is 1. The molecular formula is C30H21ClN2O2S. The van der Waals surface area contributed by atoms with Crippen molar-refractivity contribution in [3.63, 3.8) is 0 Å². The van der Waals surface area contributed by atoms with Gasteiger partial charge in [-0.1, -0.05) is 84.4 Å². The van der Waals surface area contributed by atoms with Crippen LogP contribution in [0.5, 0.6) is 0 Å². The predicted octanol–water partition coefficient (Wildman–Crippen LogP) is 7.73. The van der Waals surface area contributed by atoms with Gasteiger partial charge in [-0.25, -0.2) is 0 Å². The Hall–Kier alpha value is -3.80. The predicted molar refractivity (Wildman–Crippen MR) is 148 cm³/mol. The van der Waals surface area contributed by atoms with Gasteiger partial charge in [0.05, 0.1) is 11.4 Å². The van der Waals surface area contributed by atoms with E-state index in [1.54, 1.807) is 0 Å². The fraction of sp³-hybridized carbons (Fsp3) is 0.0667. The third-order valence-corrected chi connectivity index (χ3v) is 7.61. The first-order valence-electron chi connectivity index (χ1n) is 11.6. The van der Waals surface area contributed by atoms with Crippen molar-refractivity contribution in [2.75, 3.05) is 0 Å². The summed E-state index contributed by atoms with van der Waals surface area (Å²) < 4.78 is 2.16. The smallest absolute Gasteiger partial charge is 0.293 e. The summed E-state index contributed by atoms with van der Waals surface area (Å²) in [5.41, 5.74) is 4.06. The molecule has 0 saturated carbocycles. The van der Waals surface area contributed by atoms with Crippen LogP contribution < -0.4 is 0 Å². The van der Waals surface area contributed by atoms with Crippen LogP contribution in [0.2, 0.25) is 5.02 Å². The second-order valence-corrected chi connectivity index (χ2v) is 10.2. The molecule has 0 unspecified atom stereocenters. The van der Waals surface area contributed by atoms with Crippen molar-refractivity contribution >= 4 is 62.3 Å². The number of amides is 2. The molecule has 2 heterocycles. The molecule has 1 aliphatic rings. The molecule has 0 aliphatic carbocycles. The van der Waals surface area contributed by atoms with E-state index < -0.39 is 0 Å². The van der Waals surface area contributed by atoms with Gasteiger partial charge in [-0.2, -0.15) is 0 Å². The Morgan fingerprint density at radius 2 is 1.50 bits per heavy atom. The van der Waals surface area contributed by atoms with Crippen LogP contribution >= 0.6 is 23.4 Å². The van der Waals surface area contributed by atoms with Gasteiger partial charge < -0.3 is 4.57 Å². The van der Waals surface area contributed by atoms with E-state index in [1.807, 2.05) is 97.2 Å². The minimum Gasteiger partial charge on any atom is -0.342 e. The molecule has 4 aromatic carbocycles. The molecule has 36 heavy (non-hydrogen) atoms. The van der Waals surface area contributed by atoms with E-state index in [2.05, 4.69) is 10.6 Å². The van der Waals surface area contributed by atoms with Gasteiger partial charge in [0.25, 0.3) is 11.1 Å². The number of fused-ring (bicyclic) bond motifs is 2. The van der Waals surface area contributed by atoms with Crippen molar-refractivity contribution in [3.8, 4) is 0 Å². The van der Waals surface area contributed by atoms with Gasteiger partial charge >= 0.3 is 0 Å². The molecule has 0 radical (unpaired) electrons. The zero-order valence-electron chi connectivity index (χ0n) is 19.2. The average Bonchev–Trinajstić information content (AvgIpc) is 3.37. The lowest BCUT2D eigenvalue weighted by Gasteiger charge is -2.14. The summed E-state index contributed by atoms with van der Waals surface area (Å²) in [6, 6.07) is 29.9. The Morgan fingerprint density at radius 3 is 2.33 bits per heavy atom. The Bertz CT molecular complexity index is 1660. The van der Waals surface area contributed by atoms with Crippen LogP contribution in [-0.4, -0.2) is 20.6 Å². The number of hydrogen-bond acceptors (Lipinski definition) is 3. The zero-order valence-corrected chi connectivity index (χ0v) is 20.8. The van der Waals surface area contributed by atoms with Crippen LogP contribution in [0, 0.1) is 0 Å². The highest BCUT2D eigenvalue weighted by molar-refractivity contribution is 8.18. The highest BCUT2D eigenvalue weighted by atomic mass is 35.5. The molecule has 6 rings (SSSR count). The standard InChI is InChI=1S/C30H21ClN2O2S/c31-24-14-12-20(13-15-24)17-32-18-23(26-10-3-4-11-27(26)32)16-28-29(34)33(30(35)36-28)19-22-8-5-7-21-6-1-2-9-25(21)22/h1-16,18H,17,19H2/b28-16-. The SMILES string of the molecule is O=C1S/C(=C\c2cn(Cc3ccc(Cl)cc3)c3ccccc23)C(=O)N1Cc1cccc2ccccc12. The van der Waals surface area contributed by atoms with E-state index >= 15 is 0 Å². The summed E-state index contributed by atoms with van der Waals surface area (Å²) in [6.07, 6.45) is 3.88. The maximum absolute atomic E-state index is 13.3. The second-order valence-electron chi connectivity index (χ2n) is 8.76. The molecule has 4 nitrogen and oxygen atoms in total. The van der Waals surface area contributed by atoms with E-state index in [0.29, 0.717) is 16.5 Å². The molecule has 1 aromatic heterocycles. The van der Waals surface area contributed by atoms with Crippen molar-refractivity contribution < 1.29 is 9.59 Å². The third-order valence-electron chi connectivity index (χ3n) is 6.45. The van der Waals surface area contributed by atoms with Crippen LogP contribution in [0.1, 0.15) is 16.7 Å². The average molecular weight is 509 g/mol. The maximum Gasteiger partial charge on any atom is 0.293 e. The minimum absolute atomic E-state index is 0.246. The highest BCUT2D eigenvalue weighted by Crippen LogP contribution is 2.36. The van der Waals surface area contributed by atoms with E-state index in [1.165, 1.54) is 4.90 Å². The van der Waals surface area contributed by atoms with Gasteiger partial charge in [-0.3, -0.25) is 14.5 Å². The Labute approximate surface area is 217 Å². The molecule has 1 aliphatic heterocycles. The normalized spacial score (nSPS) is 15.0. The summed E-state index contributed by atoms with van der Waals surface area (Å²) in [6.45, 7) is 0.926. The summed E-state index contributed by atoms with van der Waals surface area (Å²) >= 11 is 7.04. The van der Waals surface area contributed by atoms with E-state index in [-0.39, 0.29) is 17.7 Å². The highest BCUT2D eigenvalue weighted by Gasteiger charge is 2.35. The van der Waals surface area contributed by atoms with Gasteiger partial charge in [0, 0.05) is 34.2 Å². The molecule has 0 N–H and O–H groups in total. The molecule has 0 spiro atoms. The topological polar surface area (TPSA) is 42.3 Å². The minimum atomic E-state index is -0.257. The molecule has 6 heteroatoms. The quantitative estimate of drug-likeness (QED) is 0.228. The van der Waals surface area contributed by atoms with Gasteiger partial charge in [-0.15, -0.1) is 0 Å². The Morgan fingerprint density at radius 1 is 0.778 bits per heavy atom. The molecule has 176 valence electrons. The molecule has 1 fully saturated rings. The largest absolute Gasteiger partial charge is 0.342 e. The van der Waals surface area contributed by atoms with Crippen LogP contribution in [0.3, 0.4) is 0 Å². The summed E-state index contributed by atoms with van der Waals surface area (Å²) in [5.74, 6) is -0.257. The van der Waals surface area contributed by atoms with Crippen LogP contribution in [-0.2, 0) is 17.9 Å². The van der Waals surface area contributed by atoms with Crippen molar-refractivity contribution in [3.05, 3.63) is 124 Å². The van der Waals surface area contributed by atoms with Crippen molar-refractivity contribution in [1.29, 1.82) is 0 Å². The van der Waals surface area contributed by atoms with Gasteiger partial charge in [0.2, 0.25) is 0 Å². The van der Waals surface area contributed by atoms with Crippen molar-refractivity contribution in [2.45, 2.75) is 13.1 Å². The Balaban J connectivity index is 1.32. The Kier molecular flexibility index (Phi) is 5.88. The van der Waals surface area contributed by atoms with E-state index in [9.17, 15) is 9.59 Å². The van der Waals surface area contributed by atoms with E-state index in [0.717, 1.165) is 50.1 Å². The summed E-state index contributed by atoms with van der Waals surface area (Å²) in [7, 11) is 0. The number of para-hydroxylation sites is 1. The van der Waals surface area contributed by atoms with Crippen LogP contribution in [0.4, 0.5) is 4.79 Å². The first kappa shape index (κ1) is 22.7. The fourth-order valence-corrected chi connectivity index (χ4v) is 5.64. The van der Waals surface area contributed by atoms with Gasteiger partial charge in [0.1, 0.15) is 0 Å². The number of aromatic nitrogens is 1. The molecule has 5 aromatic rings. The third kappa shape index (κ3) is 4.21. The number of carbonyl (C=O) groups is 2. The molecule has 0 bridgehead atoms. The summed E-state index contributed by atoms with van der Waals surface area (Å²) in [5, 5.41) is 3.63. The first-order chi connectivity index (χ1) is 17.6. The number of carbonyl (C=O) groups excluding carboxylic acids is 2.